The number of nitrogens with one attached hydrogen (secondary N) is 2. The van der Waals surface area contributed by atoms with E-state index in [2.05, 4.69) is 41.6 Å². The minimum atomic E-state index is 0. The summed E-state index contributed by atoms with van der Waals surface area (Å²) in [5.74, 6) is 0.825. The summed E-state index contributed by atoms with van der Waals surface area (Å²) in [6.45, 7) is 6.32. The summed E-state index contributed by atoms with van der Waals surface area (Å²) in [5.41, 5.74) is 1.25. The Kier molecular flexibility index (Phi) is 10.6. The average Bonchev–Trinajstić information content (AvgIpc) is 2.40. The highest BCUT2D eigenvalue weighted by Gasteiger charge is 2.06. The van der Waals surface area contributed by atoms with E-state index in [4.69, 9.17) is 4.74 Å². The van der Waals surface area contributed by atoms with Crippen molar-refractivity contribution in [2.45, 2.75) is 19.9 Å². The molecule has 1 atom stereocenters. The van der Waals surface area contributed by atoms with Crippen molar-refractivity contribution in [2.24, 2.45) is 4.99 Å². The van der Waals surface area contributed by atoms with Crippen molar-refractivity contribution in [3.05, 3.63) is 35.9 Å². The van der Waals surface area contributed by atoms with Crippen molar-refractivity contribution >= 4 is 29.9 Å². The van der Waals surface area contributed by atoms with Gasteiger partial charge in [0.15, 0.2) is 5.96 Å². The molecular formula is C14H24IN3O. The van der Waals surface area contributed by atoms with Crippen LogP contribution in [0.3, 0.4) is 0 Å². The normalized spacial score (nSPS) is 12.5. The van der Waals surface area contributed by atoms with Gasteiger partial charge in [0.25, 0.3) is 0 Å². The molecule has 4 nitrogen and oxygen atoms in total. The van der Waals surface area contributed by atoms with Crippen molar-refractivity contribution < 1.29 is 4.74 Å². The van der Waals surface area contributed by atoms with Crippen LogP contribution >= 0.6 is 24.0 Å². The van der Waals surface area contributed by atoms with E-state index in [1.54, 1.807) is 7.11 Å². The standard InChI is InChI=1S/C14H23N3O.HI/c1-4-15-14(16-10-11-18-3)17-12(2)13-8-6-5-7-9-13;/h5-9,12H,4,10-11H2,1-3H3,(H2,15,16,17);1H. The van der Waals surface area contributed by atoms with E-state index < -0.39 is 0 Å². The molecule has 2 N–H and O–H groups in total. The fourth-order valence-electron chi connectivity index (χ4n) is 1.60. The number of aliphatic imine (C=N–C) groups is 1. The molecule has 0 radical (unpaired) electrons. The van der Waals surface area contributed by atoms with Crippen LogP contribution < -0.4 is 10.6 Å². The molecule has 1 aromatic carbocycles. The number of methoxy groups -OCH3 is 1. The second-order valence-electron chi connectivity index (χ2n) is 4.03. The molecule has 0 heterocycles. The molecule has 0 amide bonds. The van der Waals surface area contributed by atoms with Gasteiger partial charge in [-0.2, -0.15) is 0 Å². The van der Waals surface area contributed by atoms with Crippen LogP contribution in [-0.4, -0.2) is 32.8 Å². The summed E-state index contributed by atoms with van der Waals surface area (Å²) in [4.78, 5) is 4.44. The third kappa shape index (κ3) is 7.37. The Morgan fingerprint density at radius 1 is 1.32 bits per heavy atom. The van der Waals surface area contributed by atoms with Gasteiger partial charge in [-0.3, -0.25) is 4.99 Å². The van der Waals surface area contributed by atoms with E-state index in [0.29, 0.717) is 13.2 Å². The van der Waals surface area contributed by atoms with Gasteiger partial charge in [-0.25, -0.2) is 0 Å². The number of nitrogens with zero attached hydrogens (tertiary/aromatic N) is 1. The van der Waals surface area contributed by atoms with Gasteiger partial charge in [0, 0.05) is 13.7 Å². The first-order valence-electron chi connectivity index (χ1n) is 6.36. The summed E-state index contributed by atoms with van der Waals surface area (Å²) < 4.78 is 5.00. The number of hydrogen-bond acceptors (Lipinski definition) is 2. The molecule has 1 unspecified atom stereocenters. The lowest BCUT2D eigenvalue weighted by atomic mass is 10.1. The lowest BCUT2D eigenvalue weighted by Gasteiger charge is -2.18. The molecule has 19 heavy (non-hydrogen) atoms. The number of halogens is 1. The largest absolute Gasteiger partial charge is 0.383 e. The number of rotatable bonds is 6. The zero-order valence-electron chi connectivity index (χ0n) is 11.8. The molecule has 0 aliphatic heterocycles. The average molecular weight is 377 g/mol. The molecule has 1 aromatic rings. The van der Waals surface area contributed by atoms with Crippen LogP contribution in [0, 0.1) is 0 Å². The van der Waals surface area contributed by atoms with Crippen molar-refractivity contribution in [1.29, 1.82) is 0 Å². The number of benzene rings is 1. The first-order valence-corrected chi connectivity index (χ1v) is 6.36. The summed E-state index contributed by atoms with van der Waals surface area (Å²) >= 11 is 0. The van der Waals surface area contributed by atoms with Crippen LogP contribution in [0.15, 0.2) is 35.3 Å². The van der Waals surface area contributed by atoms with E-state index in [0.717, 1.165) is 12.5 Å². The van der Waals surface area contributed by atoms with Gasteiger partial charge >= 0.3 is 0 Å². The maximum Gasteiger partial charge on any atom is 0.191 e. The molecule has 0 bridgehead atoms. The van der Waals surface area contributed by atoms with Crippen LogP contribution in [-0.2, 0) is 4.74 Å². The zero-order valence-corrected chi connectivity index (χ0v) is 14.2. The van der Waals surface area contributed by atoms with Crippen molar-refractivity contribution in [1.82, 2.24) is 10.6 Å². The summed E-state index contributed by atoms with van der Waals surface area (Å²) in [6.07, 6.45) is 0. The van der Waals surface area contributed by atoms with Gasteiger partial charge in [-0.15, -0.1) is 24.0 Å². The Morgan fingerprint density at radius 3 is 2.58 bits per heavy atom. The summed E-state index contributed by atoms with van der Waals surface area (Å²) in [5, 5.41) is 6.60. The molecule has 0 aliphatic rings. The lowest BCUT2D eigenvalue weighted by Crippen LogP contribution is -2.39. The predicted octanol–water partition coefficient (Wildman–Crippen LogP) is 2.57. The maximum atomic E-state index is 5.00. The predicted molar refractivity (Wildman–Crippen MR) is 91.3 cm³/mol. The van der Waals surface area contributed by atoms with Gasteiger partial charge in [-0.05, 0) is 19.4 Å². The van der Waals surface area contributed by atoms with Gasteiger partial charge < -0.3 is 15.4 Å². The minimum absolute atomic E-state index is 0. The van der Waals surface area contributed by atoms with Gasteiger partial charge in [0.05, 0.1) is 19.2 Å². The molecule has 0 saturated heterocycles. The van der Waals surface area contributed by atoms with Gasteiger partial charge in [0.2, 0.25) is 0 Å². The molecule has 108 valence electrons. The van der Waals surface area contributed by atoms with E-state index in [1.807, 2.05) is 18.2 Å². The van der Waals surface area contributed by atoms with Crippen LogP contribution in [0.2, 0.25) is 0 Å². The highest BCUT2D eigenvalue weighted by atomic mass is 127. The van der Waals surface area contributed by atoms with Crippen LogP contribution in [0.5, 0.6) is 0 Å². The van der Waals surface area contributed by atoms with E-state index in [1.165, 1.54) is 5.56 Å². The first kappa shape index (κ1) is 18.2. The minimum Gasteiger partial charge on any atom is -0.383 e. The highest BCUT2D eigenvalue weighted by Crippen LogP contribution is 2.10. The Labute approximate surface area is 133 Å². The molecule has 0 spiro atoms. The Hall–Kier alpha value is -0.820. The van der Waals surface area contributed by atoms with E-state index in [9.17, 15) is 0 Å². The van der Waals surface area contributed by atoms with E-state index >= 15 is 0 Å². The quantitative estimate of drug-likeness (QED) is 0.347. The molecule has 1 rings (SSSR count). The van der Waals surface area contributed by atoms with E-state index in [-0.39, 0.29) is 30.0 Å². The topological polar surface area (TPSA) is 45.7 Å². The molecule has 0 aromatic heterocycles. The van der Waals surface area contributed by atoms with Crippen LogP contribution in [0.25, 0.3) is 0 Å². The Morgan fingerprint density at radius 2 is 2.00 bits per heavy atom. The third-order valence-electron chi connectivity index (χ3n) is 2.56. The SMILES string of the molecule is CCNC(=NCCOC)NC(C)c1ccccc1.I. The van der Waals surface area contributed by atoms with Gasteiger partial charge in [0.1, 0.15) is 0 Å². The zero-order chi connectivity index (χ0) is 13.2. The Balaban J connectivity index is 0.00000324. The molecule has 0 saturated carbocycles. The smallest absolute Gasteiger partial charge is 0.191 e. The summed E-state index contributed by atoms with van der Waals surface area (Å²) in [7, 11) is 1.68. The Bertz CT molecular complexity index is 357. The second-order valence-corrected chi connectivity index (χ2v) is 4.03. The number of hydrogen-bond donors (Lipinski definition) is 2. The second kappa shape index (κ2) is 11.0. The fraction of sp³-hybridized carbons (Fsp3) is 0.500. The fourth-order valence-corrected chi connectivity index (χ4v) is 1.60. The highest BCUT2D eigenvalue weighted by molar-refractivity contribution is 14.0. The molecular weight excluding hydrogens is 353 g/mol. The third-order valence-corrected chi connectivity index (χ3v) is 2.56. The van der Waals surface area contributed by atoms with Gasteiger partial charge in [-0.1, -0.05) is 30.3 Å². The molecule has 0 fully saturated rings. The van der Waals surface area contributed by atoms with Crippen molar-refractivity contribution in [2.75, 3.05) is 26.8 Å². The number of ether oxygens (including phenoxy) is 1. The molecule has 0 aliphatic carbocycles. The van der Waals surface area contributed by atoms with Crippen LogP contribution in [0.4, 0.5) is 0 Å². The monoisotopic (exact) mass is 377 g/mol. The molecule has 5 heteroatoms. The lowest BCUT2D eigenvalue weighted by molar-refractivity contribution is 0.208. The first-order chi connectivity index (χ1) is 8.77. The van der Waals surface area contributed by atoms with Crippen molar-refractivity contribution in [3.8, 4) is 0 Å². The van der Waals surface area contributed by atoms with Crippen molar-refractivity contribution in [3.63, 3.8) is 0 Å². The maximum absolute atomic E-state index is 5.00. The summed E-state index contributed by atoms with van der Waals surface area (Å²) in [6, 6.07) is 10.6. The number of guanidine groups is 1. The van der Waals surface area contributed by atoms with Crippen LogP contribution in [0.1, 0.15) is 25.5 Å².